The first-order valence-electron chi connectivity index (χ1n) is 15.6. The highest BCUT2D eigenvalue weighted by molar-refractivity contribution is 5.76. The lowest BCUT2D eigenvalue weighted by Crippen LogP contribution is -2.54. The quantitative estimate of drug-likeness (QED) is 0.169. The second-order valence-electron chi connectivity index (χ2n) is 14.3. The smallest absolute Gasteiger partial charge is 0.475 e. The van der Waals surface area contributed by atoms with Crippen molar-refractivity contribution in [2.45, 2.75) is 110 Å². The molecule has 1 amide bonds. The average molecular weight is 600 g/mol. The van der Waals surface area contributed by atoms with Gasteiger partial charge in [-0.15, -0.1) is 0 Å². The molecule has 0 aliphatic heterocycles. The number of fused-ring (bicyclic) bond motifs is 5. The zero-order valence-corrected chi connectivity index (χ0v) is 24.9. The Labute approximate surface area is 245 Å². The van der Waals surface area contributed by atoms with Crippen molar-refractivity contribution in [1.29, 1.82) is 0 Å². The van der Waals surface area contributed by atoms with Crippen LogP contribution in [0.1, 0.15) is 91.4 Å². The molecule has 0 bridgehead atoms. The van der Waals surface area contributed by atoms with Crippen molar-refractivity contribution in [3.8, 4) is 5.75 Å². The number of amides is 1. The van der Waals surface area contributed by atoms with Crippen molar-refractivity contribution in [2.75, 3.05) is 11.5 Å². The second kappa shape index (κ2) is 11.0. The van der Waals surface area contributed by atoms with Gasteiger partial charge in [-0.2, -0.15) is 22.0 Å². The molecular weight excluding hydrogens is 553 g/mol. The zero-order chi connectivity index (χ0) is 30.7. The van der Waals surface area contributed by atoms with Gasteiger partial charge in [0.15, 0.2) is 0 Å². The summed E-state index contributed by atoms with van der Waals surface area (Å²) in [6.45, 7) is 6.90. The third-order valence-electron chi connectivity index (χ3n) is 12.2. The first-order chi connectivity index (χ1) is 19.5. The summed E-state index contributed by atoms with van der Waals surface area (Å²) in [7, 11) is 0. The van der Waals surface area contributed by atoms with Crippen LogP contribution in [0.4, 0.5) is 33.3 Å². The van der Waals surface area contributed by atoms with E-state index in [1.807, 2.05) is 19.1 Å². The van der Waals surface area contributed by atoms with E-state index < -0.39 is 18.1 Å². The maximum atomic E-state index is 13.3. The number of carbonyl (C=O) groups excluding carboxylic acids is 1. The third-order valence-corrected chi connectivity index (χ3v) is 12.2. The Bertz CT molecular complexity index is 1160. The number of hydrogen-bond acceptors (Lipinski definition) is 4. The van der Waals surface area contributed by atoms with Crippen LogP contribution in [0.3, 0.4) is 0 Å². The summed E-state index contributed by atoms with van der Waals surface area (Å²) in [5, 5.41) is 0.880. The topological polar surface area (TPSA) is 90.4 Å². The van der Waals surface area contributed by atoms with E-state index in [0.717, 1.165) is 50.3 Å². The van der Waals surface area contributed by atoms with Crippen molar-refractivity contribution in [1.82, 2.24) is 5.32 Å². The van der Waals surface area contributed by atoms with E-state index in [-0.39, 0.29) is 29.3 Å². The normalized spacial score (nSPS) is 37.2. The highest BCUT2D eigenvalue weighted by atomic mass is 19.4. The molecule has 0 saturated heterocycles. The lowest BCUT2D eigenvalue weighted by molar-refractivity contribution is -0.292. The molecule has 9 atom stereocenters. The van der Waals surface area contributed by atoms with Crippen LogP contribution in [-0.4, -0.2) is 24.2 Å². The first kappa shape index (κ1) is 31.2. The molecule has 0 spiro atoms. The van der Waals surface area contributed by atoms with Crippen molar-refractivity contribution in [3.05, 3.63) is 18.2 Å². The van der Waals surface area contributed by atoms with Gasteiger partial charge in [0.25, 0.3) is 0 Å². The van der Waals surface area contributed by atoms with Crippen LogP contribution in [0.5, 0.6) is 5.75 Å². The molecule has 2 unspecified atom stereocenters. The van der Waals surface area contributed by atoms with Gasteiger partial charge in [-0.3, -0.25) is 10.1 Å². The van der Waals surface area contributed by atoms with E-state index in [1.54, 1.807) is 6.07 Å². The van der Waals surface area contributed by atoms with Crippen molar-refractivity contribution < 1.29 is 31.5 Å². The van der Waals surface area contributed by atoms with Gasteiger partial charge in [-0.05, 0) is 129 Å². The monoisotopic (exact) mass is 599 g/mol. The van der Waals surface area contributed by atoms with Gasteiger partial charge in [0.2, 0.25) is 5.91 Å². The average Bonchev–Trinajstić information content (AvgIpc) is 3.25. The number of nitrogen functional groups attached to an aromatic ring is 2. The molecule has 10 heteroatoms. The van der Waals surface area contributed by atoms with Crippen LogP contribution in [0.15, 0.2) is 18.2 Å². The predicted octanol–water partition coefficient (Wildman–Crippen LogP) is 7.94. The fourth-order valence-electron chi connectivity index (χ4n) is 10.0. The molecule has 4 aliphatic rings. The van der Waals surface area contributed by atoms with Gasteiger partial charge >= 0.3 is 12.2 Å². The Hall–Kier alpha value is -2.26. The molecule has 4 saturated carbocycles. The lowest BCUT2D eigenvalue weighted by atomic mass is 9.44. The number of benzene rings is 1. The van der Waals surface area contributed by atoms with Crippen LogP contribution < -0.4 is 21.5 Å². The van der Waals surface area contributed by atoms with E-state index in [2.05, 4.69) is 13.8 Å². The molecule has 5 nitrogen and oxygen atoms in total. The number of nitrogens with one attached hydrogen (secondary N) is 1. The molecule has 0 heterocycles. The Balaban J connectivity index is 1.19. The SMILES string of the molecule is C[C@H](CCC(=O)NC(F)(F)C(F)(F)F)[C@H]1CC[C@H]2[C@@H]3CCC4CC(Oc5ccc(N)cc5N)CC[C@]4(C)[C@H]3CC[C@]12C. The highest BCUT2D eigenvalue weighted by Crippen LogP contribution is 2.68. The second-order valence-corrected chi connectivity index (χ2v) is 14.3. The Morgan fingerprint density at radius 3 is 2.38 bits per heavy atom. The largest absolute Gasteiger partial charge is 0.488 e. The lowest BCUT2D eigenvalue weighted by Gasteiger charge is -2.61. The molecule has 5 rings (SSSR count). The summed E-state index contributed by atoms with van der Waals surface area (Å²) in [4.78, 5) is 12.0. The molecule has 1 aromatic carbocycles. The summed E-state index contributed by atoms with van der Waals surface area (Å²) < 4.78 is 70.4. The fourth-order valence-corrected chi connectivity index (χ4v) is 10.0. The first-order valence-corrected chi connectivity index (χ1v) is 15.6. The van der Waals surface area contributed by atoms with Gasteiger partial charge in [-0.1, -0.05) is 20.8 Å². The summed E-state index contributed by atoms with van der Waals surface area (Å²) in [5.41, 5.74) is 13.6. The predicted molar refractivity (Wildman–Crippen MR) is 152 cm³/mol. The van der Waals surface area contributed by atoms with E-state index in [4.69, 9.17) is 16.2 Å². The third kappa shape index (κ3) is 5.56. The Kier molecular flexibility index (Phi) is 8.18. The molecular formula is C32H46F5N3O2. The molecule has 0 aromatic heterocycles. The van der Waals surface area contributed by atoms with E-state index in [1.165, 1.54) is 12.8 Å². The molecule has 42 heavy (non-hydrogen) atoms. The van der Waals surface area contributed by atoms with Crippen molar-refractivity contribution in [2.24, 2.45) is 46.3 Å². The van der Waals surface area contributed by atoms with Crippen LogP contribution in [-0.2, 0) is 4.79 Å². The minimum atomic E-state index is -5.80. The minimum absolute atomic E-state index is 0.0714. The number of ether oxygens (including phenoxy) is 1. The molecule has 4 aliphatic carbocycles. The van der Waals surface area contributed by atoms with Crippen molar-refractivity contribution in [3.63, 3.8) is 0 Å². The number of halogens is 5. The van der Waals surface area contributed by atoms with Gasteiger partial charge in [0, 0.05) is 12.1 Å². The Morgan fingerprint density at radius 1 is 1.00 bits per heavy atom. The highest BCUT2D eigenvalue weighted by Gasteiger charge is 2.61. The van der Waals surface area contributed by atoms with Gasteiger partial charge in [-0.25, -0.2) is 0 Å². The standard InChI is InChI=1S/C32H46F5N3O2/c1-18(4-11-28(41)40-32(36,37)31(33,34)35)23-8-9-24-22-7-5-19-16-21(42-27-10-6-20(38)17-26(27)39)12-14-29(19,2)25(22)13-15-30(23,24)3/h6,10,17-19,21-25H,4-5,7-9,11-16,38-39H2,1-3H3,(H,40,41)/t18-,19?,21?,22+,23-,24+,25+,29+,30-/m1/s1. The van der Waals surface area contributed by atoms with Gasteiger partial charge < -0.3 is 16.2 Å². The van der Waals surface area contributed by atoms with E-state index >= 15 is 0 Å². The number of nitrogens with two attached hydrogens (primary N) is 2. The summed E-state index contributed by atoms with van der Waals surface area (Å²) >= 11 is 0. The van der Waals surface area contributed by atoms with Crippen LogP contribution in [0.25, 0.3) is 0 Å². The van der Waals surface area contributed by atoms with Crippen molar-refractivity contribution >= 4 is 17.3 Å². The fraction of sp³-hybridized carbons (Fsp3) is 0.781. The number of alkyl halides is 5. The van der Waals surface area contributed by atoms with Crippen LogP contribution in [0.2, 0.25) is 0 Å². The Morgan fingerprint density at radius 2 is 1.69 bits per heavy atom. The number of hydrogen-bond donors (Lipinski definition) is 3. The molecule has 1 aromatic rings. The number of rotatable bonds is 7. The zero-order valence-electron chi connectivity index (χ0n) is 24.9. The molecule has 5 N–H and O–H groups in total. The maximum Gasteiger partial charge on any atom is 0.475 e. The van der Waals surface area contributed by atoms with Crippen LogP contribution >= 0.6 is 0 Å². The number of carbonyl (C=O) groups is 1. The minimum Gasteiger partial charge on any atom is -0.488 e. The molecule has 236 valence electrons. The number of anilines is 2. The summed E-state index contributed by atoms with van der Waals surface area (Å²) in [6.07, 6.45) is 4.22. The van der Waals surface area contributed by atoms with Gasteiger partial charge in [0.05, 0.1) is 11.8 Å². The maximum absolute atomic E-state index is 13.3. The summed E-state index contributed by atoms with van der Waals surface area (Å²) in [6, 6.07) is 0.210. The van der Waals surface area contributed by atoms with Gasteiger partial charge in [0.1, 0.15) is 5.75 Å². The summed E-state index contributed by atoms with van der Waals surface area (Å²) in [5.74, 6) is 2.33. The van der Waals surface area contributed by atoms with E-state index in [0.29, 0.717) is 53.1 Å². The molecule has 4 fully saturated rings. The van der Waals surface area contributed by atoms with Crippen LogP contribution in [0, 0.1) is 46.3 Å². The molecule has 0 radical (unpaired) electrons. The van der Waals surface area contributed by atoms with E-state index in [9.17, 15) is 26.7 Å².